The highest BCUT2D eigenvalue weighted by Crippen LogP contribution is 2.26. The molecule has 5 heteroatoms. The molecule has 20 heavy (non-hydrogen) atoms. The molecule has 0 spiro atoms. The Morgan fingerprint density at radius 2 is 1.80 bits per heavy atom. The largest absolute Gasteiger partial charge is 0.444 e. The van der Waals surface area contributed by atoms with Gasteiger partial charge in [-0.2, -0.15) is 0 Å². The van der Waals surface area contributed by atoms with Crippen molar-refractivity contribution in [3.8, 4) is 0 Å². The second-order valence-corrected chi connectivity index (χ2v) is 6.88. The number of piperidine rings is 2. The first-order valence-electron chi connectivity index (χ1n) is 7.74. The normalized spacial score (nSPS) is 29.3. The summed E-state index contributed by atoms with van der Waals surface area (Å²) >= 11 is 0. The molecular formula is C15H27FN2O2. The summed E-state index contributed by atoms with van der Waals surface area (Å²) in [6.45, 7) is 8.01. The summed E-state index contributed by atoms with van der Waals surface area (Å²) in [5.74, 6) is 0. The van der Waals surface area contributed by atoms with Crippen molar-refractivity contribution >= 4 is 6.09 Å². The maximum absolute atomic E-state index is 14.3. The molecule has 0 radical (unpaired) electrons. The molecule has 0 aromatic rings. The van der Waals surface area contributed by atoms with E-state index in [4.69, 9.17) is 4.74 Å². The van der Waals surface area contributed by atoms with Crippen LogP contribution in [0.3, 0.4) is 0 Å². The zero-order valence-electron chi connectivity index (χ0n) is 12.9. The van der Waals surface area contributed by atoms with Crippen molar-refractivity contribution in [3.05, 3.63) is 0 Å². The smallest absolute Gasteiger partial charge is 0.412 e. The van der Waals surface area contributed by atoms with E-state index in [1.807, 2.05) is 0 Å². The van der Waals surface area contributed by atoms with Gasteiger partial charge in [0, 0.05) is 19.0 Å². The Morgan fingerprint density at radius 3 is 2.35 bits per heavy atom. The Balaban J connectivity index is 1.87. The minimum absolute atomic E-state index is 0.281. The van der Waals surface area contributed by atoms with Gasteiger partial charge in [-0.05, 0) is 53.1 Å². The fourth-order valence-electron chi connectivity index (χ4n) is 3.04. The first-order chi connectivity index (χ1) is 9.37. The number of carbonyl (C=O) groups excluding carboxylic acids is 1. The number of likely N-dealkylation sites (tertiary alicyclic amines) is 2. The summed E-state index contributed by atoms with van der Waals surface area (Å²) in [7, 11) is 0. The zero-order chi connectivity index (χ0) is 14.8. The minimum atomic E-state index is -1.22. The average Bonchev–Trinajstić information content (AvgIpc) is 2.37. The van der Waals surface area contributed by atoms with Crippen LogP contribution in [0.2, 0.25) is 0 Å². The lowest BCUT2D eigenvalue weighted by Crippen LogP contribution is -2.52. The van der Waals surface area contributed by atoms with Crippen LogP contribution in [0.25, 0.3) is 0 Å². The van der Waals surface area contributed by atoms with Crippen LogP contribution in [0.15, 0.2) is 0 Å². The fraction of sp³-hybridized carbons (Fsp3) is 0.933. The third kappa shape index (κ3) is 4.08. The Kier molecular flexibility index (Phi) is 4.89. The quantitative estimate of drug-likeness (QED) is 0.694. The molecule has 2 rings (SSSR count). The molecule has 2 aliphatic heterocycles. The minimum Gasteiger partial charge on any atom is -0.444 e. The van der Waals surface area contributed by atoms with Crippen LogP contribution in [-0.4, -0.2) is 53.5 Å². The molecule has 2 fully saturated rings. The van der Waals surface area contributed by atoms with E-state index in [1.165, 1.54) is 24.2 Å². The maximum Gasteiger partial charge on any atom is 0.412 e. The van der Waals surface area contributed by atoms with E-state index >= 15 is 0 Å². The number of hydrogen-bond acceptors (Lipinski definition) is 3. The van der Waals surface area contributed by atoms with Gasteiger partial charge in [0.15, 0.2) is 6.30 Å². The number of hydrogen-bond donors (Lipinski definition) is 0. The third-order valence-corrected chi connectivity index (χ3v) is 4.04. The Hall–Kier alpha value is -0.840. The van der Waals surface area contributed by atoms with Crippen LogP contribution < -0.4 is 0 Å². The van der Waals surface area contributed by atoms with Gasteiger partial charge in [-0.15, -0.1) is 0 Å². The highest BCUT2D eigenvalue weighted by Gasteiger charge is 2.36. The zero-order valence-corrected chi connectivity index (χ0v) is 12.9. The molecule has 4 nitrogen and oxygen atoms in total. The van der Waals surface area contributed by atoms with Crippen molar-refractivity contribution < 1.29 is 13.9 Å². The second kappa shape index (κ2) is 6.29. The van der Waals surface area contributed by atoms with Crippen LogP contribution in [0.5, 0.6) is 0 Å². The van der Waals surface area contributed by atoms with Gasteiger partial charge in [0.05, 0.1) is 0 Å². The molecule has 2 saturated heterocycles. The van der Waals surface area contributed by atoms with E-state index in [0.717, 1.165) is 19.5 Å². The molecule has 2 atom stereocenters. The van der Waals surface area contributed by atoms with Gasteiger partial charge in [0.2, 0.25) is 0 Å². The standard InChI is InChI=1S/C15H27FN2O2/c1-15(2,3)20-14(19)18-10-7-12(11-13(18)16)17-8-5-4-6-9-17/h12-13H,4-11H2,1-3H3. The summed E-state index contributed by atoms with van der Waals surface area (Å²) in [4.78, 5) is 15.6. The number of nitrogens with zero attached hydrogens (tertiary/aromatic N) is 2. The van der Waals surface area contributed by atoms with Gasteiger partial charge in [-0.25, -0.2) is 9.18 Å². The average molecular weight is 286 g/mol. The van der Waals surface area contributed by atoms with Crippen LogP contribution in [0.1, 0.15) is 52.9 Å². The molecule has 0 saturated carbocycles. The topological polar surface area (TPSA) is 32.8 Å². The molecule has 0 aromatic carbocycles. The van der Waals surface area contributed by atoms with Crippen molar-refractivity contribution in [3.63, 3.8) is 0 Å². The molecular weight excluding hydrogens is 259 g/mol. The van der Waals surface area contributed by atoms with Gasteiger partial charge in [0.1, 0.15) is 5.60 Å². The number of amides is 1. The van der Waals surface area contributed by atoms with Gasteiger partial charge in [-0.1, -0.05) is 6.42 Å². The summed E-state index contributed by atoms with van der Waals surface area (Å²) in [6.07, 6.45) is 3.23. The second-order valence-electron chi connectivity index (χ2n) is 6.88. The van der Waals surface area contributed by atoms with Crippen LogP contribution >= 0.6 is 0 Å². The fourth-order valence-corrected chi connectivity index (χ4v) is 3.04. The lowest BCUT2D eigenvalue weighted by Gasteiger charge is -2.41. The summed E-state index contributed by atoms with van der Waals surface area (Å²) in [5, 5.41) is 0. The predicted molar refractivity (Wildman–Crippen MR) is 76.3 cm³/mol. The molecule has 0 bridgehead atoms. The maximum atomic E-state index is 14.3. The number of rotatable bonds is 1. The lowest BCUT2D eigenvalue weighted by molar-refractivity contribution is -0.0325. The highest BCUT2D eigenvalue weighted by molar-refractivity contribution is 5.68. The molecule has 116 valence electrons. The van der Waals surface area contributed by atoms with Gasteiger partial charge < -0.3 is 9.64 Å². The first-order valence-corrected chi connectivity index (χ1v) is 7.74. The van der Waals surface area contributed by atoms with Crippen molar-refractivity contribution in [2.24, 2.45) is 0 Å². The molecule has 2 heterocycles. The van der Waals surface area contributed by atoms with Crippen molar-refractivity contribution in [2.45, 2.75) is 70.8 Å². The SMILES string of the molecule is CC(C)(C)OC(=O)N1CCC(N2CCCCC2)CC1F. The van der Waals surface area contributed by atoms with Crippen molar-refractivity contribution in [2.75, 3.05) is 19.6 Å². The van der Waals surface area contributed by atoms with Crippen LogP contribution in [0.4, 0.5) is 9.18 Å². The Bertz CT molecular complexity index is 337. The molecule has 1 amide bonds. The van der Waals surface area contributed by atoms with E-state index < -0.39 is 18.0 Å². The van der Waals surface area contributed by atoms with Crippen LogP contribution in [0, 0.1) is 0 Å². The Morgan fingerprint density at radius 1 is 1.15 bits per heavy atom. The molecule has 0 aliphatic carbocycles. The van der Waals surface area contributed by atoms with Gasteiger partial charge in [-0.3, -0.25) is 4.90 Å². The van der Waals surface area contributed by atoms with Crippen molar-refractivity contribution in [1.82, 2.24) is 9.80 Å². The number of alkyl halides is 1. The molecule has 0 N–H and O–H groups in total. The number of halogens is 1. The van der Waals surface area contributed by atoms with E-state index in [1.54, 1.807) is 20.8 Å². The highest BCUT2D eigenvalue weighted by atomic mass is 19.1. The summed E-state index contributed by atoms with van der Waals surface area (Å²) in [6, 6.07) is 0.281. The Labute approximate surface area is 121 Å². The van der Waals surface area contributed by atoms with Crippen LogP contribution in [-0.2, 0) is 4.74 Å². The van der Waals surface area contributed by atoms with Gasteiger partial charge >= 0.3 is 6.09 Å². The van der Waals surface area contributed by atoms with Gasteiger partial charge in [0.25, 0.3) is 0 Å². The monoisotopic (exact) mass is 286 g/mol. The predicted octanol–water partition coefficient (Wildman–Crippen LogP) is 3.17. The summed E-state index contributed by atoms with van der Waals surface area (Å²) in [5.41, 5.74) is -0.569. The number of ether oxygens (including phenoxy) is 1. The molecule has 2 aliphatic rings. The number of carbonyl (C=O) groups is 1. The lowest BCUT2D eigenvalue weighted by atomic mass is 9.99. The van der Waals surface area contributed by atoms with E-state index in [0.29, 0.717) is 13.0 Å². The molecule has 0 aromatic heterocycles. The van der Waals surface area contributed by atoms with Crippen molar-refractivity contribution in [1.29, 1.82) is 0 Å². The van der Waals surface area contributed by atoms with E-state index in [-0.39, 0.29) is 6.04 Å². The van der Waals surface area contributed by atoms with E-state index in [2.05, 4.69) is 4.90 Å². The summed E-state index contributed by atoms with van der Waals surface area (Å²) < 4.78 is 19.5. The molecule has 2 unspecified atom stereocenters. The van der Waals surface area contributed by atoms with E-state index in [9.17, 15) is 9.18 Å². The third-order valence-electron chi connectivity index (χ3n) is 4.04. The first kappa shape index (κ1) is 15.5.